The summed E-state index contributed by atoms with van der Waals surface area (Å²) >= 11 is 0. The SMILES string of the molecule is CCC(N)CC(=O)Nc1cc(C)c(C)cc1[N+](=O)[O-]. The van der Waals surface area contributed by atoms with Crippen molar-refractivity contribution in [3.05, 3.63) is 33.4 Å². The highest BCUT2D eigenvalue weighted by Crippen LogP contribution is 2.28. The number of hydrogen-bond donors (Lipinski definition) is 2. The van der Waals surface area contributed by atoms with Crippen molar-refractivity contribution in [1.82, 2.24) is 0 Å². The molecule has 1 amide bonds. The predicted molar refractivity (Wildman–Crippen MR) is 74.1 cm³/mol. The third-order valence-corrected chi connectivity index (χ3v) is 3.05. The Kier molecular flexibility index (Phi) is 5.00. The third-order valence-electron chi connectivity index (χ3n) is 3.05. The van der Waals surface area contributed by atoms with Crippen molar-refractivity contribution in [2.75, 3.05) is 5.32 Å². The van der Waals surface area contributed by atoms with Gasteiger partial charge < -0.3 is 11.1 Å². The van der Waals surface area contributed by atoms with Crippen LogP contribution in [0.5, 0.6) is 0 Å². The monoisotopic (exact) mass is 265 g/mol. The molecule has 1 unspecified atom stereocenters. The van der Waals surface area contributed by atoms with Crippen LogP contribution in [0.4, 0.5) is 11.4 Å². The number of hydrogen-bond acceptors (Lipinski definition) is 4. The lowest BCUT2D eigenvalue weighted by Gasteiger charge is -2.11. The van der Waals surface area contributed by atoms with E-state index >= 15 is 0 Å². The molecule has 0 saturated heterocycles. The maximum atomic E-state index is 11.7. The molecule has 0 aliphatic heterocycles. The fourth-order valence-electron chi connectivity index (χ4n) is 1.64. The zero-order valence-electron chi connectivity index (χ0n) is 11.4. The number of nitro benzene ring substituents is 1. The van der Waals surface area contributed by atoms with Gasteiger partial charge in [0.05, 0.1) is 4.92 Å². The first-order valence-corrected chi connectivity index (χ1v) is 6.16. The molecule has 0 aliphatic rings. The summed E-state index contributed by atoms with van der Waals surface area (Å²) in [6.07, 6.45) is 0.836. The molecule has 1 rings (SSSR count). The summed E-state index contributed by atoms with van der Waals surface area (Å²) in [4.78, 5) is 22.2. The number of nitrogens with zero attached hydrogens (tertiary/aromatic N) is 1. The van der Waals surface area contributed by atoms with E-state index in [1.165, 1.54) is 6.07 Å². The van der Waals surface area contributed by atoms with E-state index in [1.807, 2.05) is 13.8 Å². The van der Waals surface area contributed by atoms with Gasteiger partial charge in [-0.05, 0) is 37.5 Å². The topological polar surface area (TPSA) is 98.3 Å². The smallest absolute Gasteiger partial charge is 0.293 e. The maximum Gasteiger partial charge on any atom is 0.293 e. The molecule has 6 nitrogen and oxygen atoms in total. The lowest BCUT2D eigenvalue weighted by Crippen LogP contribution is -2.26. The summed E-state index contributed by atoms with van der Waals surface area (Å²) in [5.41, 5.74) is 7.52. The highest BCUT2D eigenvalue weighted by atomic mass is 16.6. The molecular formula is C13H19N3O3. The Morgan fingerprint density at radius 1 is 1.42 bits per heavy atom. The molecule has 0 aromatic heterocycles. The second-order valence-electron chi connectivity index (χ2n) is 4.63. The normalized spacial score (nSPS) is 12.0. The van der Waals surface area contributed by atoms with E-state index < -0.39 is 4.92 Å². The van der Waals surface area contributed by atoms with Gasteiger partial charge >= 0.3 is 0 Å². The summed E-state index contributed by atoms with van der Waals surface area (Å²) in [6, 6.07) is 2.85. The van der Waals surface area contributed by atoms with Crippen molar-refractivity contribution < 1.29 is 9.72 Å². The van der Waals surface area contributed by atoms with E-state index in [0.29, 0.717) is 6.42 Å². The van der Waals surface area contributed by atoms with E-state index in [-0.39, 0.29) is 29.7 Å². The average molecular weight is 265 g/mol. The molecule has 0 aliphatic carbocycles. The lowest BCUT2D eigenvalue weighted by atomic mass is 10.1. The highest BCUT2D eigenvalue weighted by Gasteiger charge is 2.18. The summed E-state index contributed by atoms with van der Waals surface area (Å²) in [7, 11) is 0. The van der Waals surface area contributed by atoms with Gasteiger partial charge in [-0.25, -0.2) is 0 Å². The highest BCUT2D eigenvalue weighted by molar-refractivity contribution is 5.93. The molecule has 1 aromatic carbocycles. The van der Waals surface area contributed by atoms with Crippen LogP contribution in [0, 0.1) is 24.0 Å². The van der Waals surface area contributed by atoms with Crippen molar-refractivity contribution in [2.24, 2.45) is 5.73 Å². The Morgan fingerprint density at radius 2 is 2.00 bits per heavy atom. The number of amides is 1. The van der Waals surface area contributed by atoms with E-state index in [9.17, 15) is 14.9 Å². The number of carbonyl (C=O) groups is 1. The standard InChI is InChI=1S/C13H19N3O3/c1-4-10(14)7-13(17)15-11-5-8(2)9(3)6-12(11)16(18)19/h5-6,10H,4,7,14H2,1-3H3,(H,15,17). The van der Waals surface area contributed by atoms with Crippen LogP contribution in [0.2, 0.25) is 0 Å². The predicted octanol–water partition coefficient (Wildman–Crippen LogP) is 2.28. The van der Waals surface area contributed by atoms with Gasteiger partial charge in [0.1, 0.15) is 5.69 Å². The van der Waals surface area contributed by atoms with Crippen molar-refractivity contribution >= 4 is 17.3 Å². The molecule has 0 fully saturated rings. The van der Waals surface area contributed by atoms with Crippen molar-refractivity contribution in [3.8, 4) is 0 Å². The summed E-state index contributed by atoms with van der Waals surface area (Å²) < 4.78 is 0. The Hall–Kier alpha value is -1.95. The number of benzene rings is 1. The third kappa shape index (κ3) is 4.03. The molecule has 1 aromatic rings. The first-order chi connectivity index (χ1) is 8.85. The number of nitrogens with two attached hydrogens (primary N) is 1. The minimum absolute atomic E-state index is 0.0958. The van der Waals surface area contributed by atoms with Gasteiger partial charge in [-0.3, -0.25) is 14.9 Å². The zero-order chi connectivity index (χ0) is 14.6. The second kappa shape index (κ2) is 6.29. The van der Waals surface area contributed by atoms with E-state index in [2.05, 4.69) is 5.32 Å². The summed E-state index contributed by atoms with van der Waals surface area (Å²) in [6.45, 7) is 5.52. The molecule has 6 heteroatoms. The molecule has 1 atom stereocenters. The Bertz CT molecular complexity index is 500. The van der Waals surface area contributed by atoms with E-state index in [4.69, 9.17) is 5.73 Å². The van der Waals surface area contributed by atoms with Crippen LogP contribution in [0.1, 0.15) is 30.9 Å². The molecule has 0 saturated carbocycles. The van der Waals surface area contributed by atoms with Crippen molar-refractivity contribution in [3.63, 3.8) is 0 Å². The minimum Gasteiger partial charge on any atom is -0.327 e. The van der Waals surface area contributed by atoms with Gasteiger partial charge in [0, 0.05) is 18.5 Å². The van der Waals surface area contributed by atoms with Gasteiger partial charge in [0.2, 0.25) is 5.91 Å². The number of nitro groups is 1. The summed E-state index contributed by atoms with van der Waals surface area (Å²) in [5, 5.41) is 13.5. The molecule has 0 spiro atoms. The van der Waals surface area contributed by atoms with Crippen LogP contribution in [-0.4, -0.2) is 16.9 Å². The molecule has 0 radical (unpaired) electrons. The second-order valence-corrected chi connectivity index (χ2v) is 4.63. The molecule has 0 bridgehead atoms. The van der Waals surface area contributed by atoms with Crippen LogP contribution >= 0.6 is 0 Å². The molecule has 0 heterocycles. The number of rotatable bonds is 5. The fraction of sp³-hybridized carbons (Fsp3) is 0.462. The van der Waals surface area contributed by atoms with Crippen LogP contribution in [-0.2, 0) is 4.79 Å². The van der Waals surface area contributed by atoms with Crippen LogP contribution in [0.15, 0.2) is 12.1 Å². The van der Waals surface area contributed by atoms with Crippen molar-refractivity contribution in [1.29, 1.82) is 0 Å². The Balaban J connectivity index is 2.97. The Morgan fingerprint density at radius 3 is 2.53 bits per heavy atom. The maximum absolute atomic E-state index is 11.7. The van der Waals surface area contributed by atoms with E-state index in [0.717, 1.165) is 11.1 Å². The Labute approximate surface area is 112 Å². The average Bonchev–Trinajstić information content (AvgIpc) is 2.32. The van der Waals surface area contributed by atoms with Gasteiger partial charge in [-0.2, -0.15) is 0 Å². The first kappa shape index (κ1) is 15.1. The van der Waals surface area contributed by atoms with Crippen molar-refractivity contribution in [2.45, 2.75) is 39.7 Å². The van der Waals surface area contributed by atoms with Gasteiger partial charge in [-0.1, -0.05) is 6.92 Å². The number of nitrogens with one attached hydrogen (secondary N) is 1. The number of carbonyl (C=O) groups excluding carboxylic acids is 1. The van der Waals surface area contributed by atoms with Crippen LogP contribution in [0.25, 0.3) is 0 Å². The first-order valence-electron chi connectivity index (χ1n) is 6.16. The summed E-state index contributed by atoms with van der Waals surface area (Å²) in [5.74, 6) is -0.305. The van der Waals surface area contributed by atoms with Crippen LogP contribution in [0.3, 0.4) is 0 Å². The van der Waals surface area contributed by atoms with Gasteiger partial charge in [0.25, 0.3) is 5.69 Å². The van der Waals surface area contributed by atoms with Gasteiger partial charge in [-0.15, -0.1) is 0 Å². The zero-order valence-corrected chi connectivity index (χ0v) is 11.4. The molecular weight excluding hydrogens is 246 g/mol. The molecule has 3 N–H and O–H groups in total. The fourth-order valence-corrected chi connectivity index (χ4v) is 1.64. The van der Waals surface area contributed by atoms with E-state index in [1.54, 1.807) is 13.0 Å². The lowest BCUT2D eigenvalue weighted by molar-refractivity contribution is -0.384. The number of aryl methyl sites for hydroxylation is 2. The quantitative estimate of drug-likeness (QED) is 0.630. The molecule has 104 valence electrons. The molecule has 19 heavy (non-hydrogen) atoms. The minimum atomic E-state index is -0.498. The van der Waals surface area contributed by atoms with Crippen LogP contribution < -0.4 is 11.1 Å². The number of anilines is 1. The largest absolute Gasteiger partial charge is 0.327 e. The van der Waals surface area contributed by atoms with Gasteiger partial charge in [0.15, 0.2) is 0 Å².